The number of methoxy groups -OCH3 is 1. The lowest BCUT2D eigenvalue weighted by Crippen LogP contribution is -2.65. The number of rotatable bonds is 1. The summed E-state index contributed by atoms with van der Waals surface area (Å²) in [6, 6.07) is 0. The first-order chi connectivity index (χ1) is 16.1. The van der Waals surface area contributed by atoms with E-state index in [2.05, 4.69) is 47.6 Å². The minimum Gasteiger partial charge on any atom is -0.469 e. The fourth-order valence-corrected chi connectivity index (χ4v) is 10.9. The highest BCUT2D eigenvalue weighted by Gasteiger charge is 2.69. The Kier molecular flexibility index (Phi) is 5.59. The van der Waals surface area contributed by atoms with Crippen molar-refractivity contribution < 1.29 is 19.7 Å². The second kappa shape index (κ2) is 7.59. The number of aliphatic hydroxyl groups is 2. The molecular formula is C31H50O4. The van der Waals surface area contributed by atoms with E-state index in [4.69, 9.17) is 4.74 Å². The van der Waals surface area contributed by atoms with Crippen LogP contribution in [0.2, 0.25) is 0 Å². The Morgan fingerprint density at radius 3 is 2.20 bits per heavy atom. The van der Waals surface area contributed by atoms with Gasteiger partial charge in [0.25, 0.3) is 0 Å². The fraction of sp³-hybridized carbons (Fsp3) is 0.903. The van der Waals surface area contributed by atoms with Gasteiger partial charge in [-0.05, 0) is 104 Å². The Morgan fingerprint density at radius 1 is 0.857 bits per heavy atom. The maximum atomic E-state index is 12.9. The van der Waals surface area contributed by atoms with Crippen LogP contribution >= 0.6 is 0 Å². The Morgan fingerprint density at radius 2 is 1.54 bits per heavy atom. The molecule has 0 amide bonds. The van der Waals surface area contributed by atoms with E-state index in [0.717, 1.165) is 38.5 Å². The molecule has 0 aliphatic heterocycles. The van der Waals surface area contributed by atoms with Crippen LogP contribution in [0, 0.1) is 50.2 Å². The number of ether oxygens (including phenoxy) is 1. The summed E-state index contributed by atoms with van der Waals surface area (Å²) < 4.78 is 5.23. The van der Waals surface area contributed by atoms with Crippen LogP contribution in [0.4, 0.5) is 0 Å². The normalized spacial score (nSPS) is 54.9. The first kappa shape index (κ1) is 25.8. The average Bonchev–Trinajstić information content (AvgIpc) is 2.78. The van der Waals surface area contributed by atoms with Gasteiger partial charge in [-0.2, -0.15) is 0 Å². The minimum absolute atomic E-state index is 0.0415. The first-order valence-corrected chi connectivity index (χ1v) is 14.3. The Hall–Kier alpha value is -0.870. The number of esters is 1. The molecule has 4 heteroatoms. The summed E-state index contributed by atoms with van der Waals surface area (Å²) in [4.78, 5) is 12.9. The van der Waals surface area contributed by atoms with Gasteiger partial charge in [-0.3, -0.25) is 4.79 Å². The van der Waals surface area contributed by atoms with Gasteiger partial charge in [0, 0.05) is 5.41 Å². The standard InChI is InChI=1S/C31H50O4/c1-26(2)21-11-14-31(7)22(29(21,5)13-12-23(26)32)10-9-19-20-17-27(3,25(34)35-8)18-24(33)28(20,4)15-16-30(19,31)6/h9,20-24,32-33H,10-18H2,1-8H3/t20-,21-,22-,23-,24-,27-,28+,29-,30+,31+/m0/s1. The van der Waals surface area contributed by atoms with Gasteiger partial charge in [0.1, 0.15) is 0 Å². The zero-order chi connectivity index (χ0) is 25.8. The van der Waals surface area contributed by atoms with Gasteiger partial charge in [0.05, 0.1) is 24.7 Å². The molecule has 0 saturated heterocycles. The molecule has 4 nitrogen and oxygen atoms in total. The molecule has 5 aliphatic rings. The molecule has 0 bridgehead atoms. The highest BCUT2D eigenvalue weighted by atomic mass is 16.5. The van der Waals surface area contributed by atoms with Crippen LogP contribution in [0.25, 0.3) is 0 Å². The highest BCUT2D eigenvalue weighted by molar-refractivity contribution is 5.76. The van der Waals surface area contributed by atoms with Crippen LogP contribution < -0.4 is 0 Å². The Labute approximate surface area is 213 Å². The van der Waals surface area contributed by atoms with Gasteiger partial charge >= 0.3 is 5.97 Å². The van der Waals surface area contributed by atoms with E-state index >= 15 is 0 Å². The van der Waals surface area contributed by atoms with Crippen molar-refractivity contribution in [2.45, 2.75) is 118 Å². The summed E-state index contributed by atoms with van der Waals surface area (Å²) >= 11 is 0. The average molecular weight is 487 g/mol. The summed E-state index contributed by atoms with van der Waals surface area (Å²) in [7, 11) is 1.48. The zero-order valence-corrected chi connectivity index (χ0v) is 23.5. The molecule has 198 valence electrons. The third kappa shape index (κ3) is 3.08. The smallest absolute Gasteiger partial charge is 0.311 e. The second-order valence-corrected chi connectivity index (χ2v) is 15.2. The molecule has 35 heavy (non-hydrogen) atoms. The van der Waals surface area contributed by atoms with Crippen molar-refractivity contribution in [3.05, 3.63) is 11.6 Å². The second-order valence-electron chi connectivity index (χ2n) is 15.2. The summed E-state index contributed by atoms with van der Waals surface area (Å²) in [6.07, 6.45) is 10.7. The summed E-state index contributed by atoms with van der Waals surface area (Å²) in [5.41, 5.74) is 1.15. The van der Waals surface area contributed by atoms with Gasteiger partial charge in [0.15, 0.2) is 0 Å². The molecule has 0 unspecified atom stereocenters. The predicted octanol–water partition coefficient (Wildman–Crippen LogP) is 6.29. The molecule has 0 spiro atoms. The molecular weight excluding hydrogens is 436 g/mol. The van der Waals surface area contributed by atoms with E-state index in [-0.39, 0.29) is 45.1 Å². The lowest BCUT2D eigenvalue weighted by molar-refractivity contribution is -0.209. The highest BCUT2D eigenvalue weighted by Crippen LogP contribution is 2.75. The number of allylic oxidation sites excluding steroid dienone is 2. The van der Waals surface area contributed by atoms with Crippen molar-refractivity contribution in [3.63, 3.8) is 0 Å². The van der Waals surface area contributed by atoms with E-state index < -0.39 is 11.5 Å². The third-order valence-electron chi connectivity index (χ3n) is 13.6. The number of carbonyl (C=O) groups is 1. The van der Waals surface area contributed by atoms with Gasteiger partial charge in [-0.25, -0.2) is 0 Å². The van der Waals surface area contributed by atoms with Crippen molar-refractivity contribution in [1.29, 1.82) is 0 Å². The Bertz CT molecular complexity index is 938. The summed E-state index contributed by atoms with van der Waals surface area (Å²) in [5.74, 6) is 1.17. The molecule has 0 aromatic carbocycles. The van der Waals surface area contributed by atoms with Crippen molar-refractivity contribution >= 4 is 5.97 Å². The minimum atomic E-state index is -0.637. The van der Waals surface area contributed by atoms with E-state index in [1.807, 2.05) is 6.92 Å². The van der Waals surface area contributed by atoms with Crippen LogP contribution in [-0.4, -0.2) is 35.5 Å². The fourth-order valence-electron chi connectivity index (χ4n) is 10.9. The van der Waals surface area contributed by atoms with Gasteiger partial charge < -0.3 is 14.9 Å². The SMILES string of the molecule is COC(=O)[C@]1(C)C[C@H](O)[C@]2(C)CC[C@]3(C)C(=CC[C@H]4[C@@]5(C)CC[C@H](O)C(C)(C)[C@@H]5CC[C@]43C)[C@@H]2C1. The summed E-state index contributed by atoms with van der Waals surface area (Å²) in [5, 5.41) is 22.3. The Balaban J connectivity index is 1.58. The molecule has 5 rings (SSSR count). The molecule has 10 atom stereocenters. The van der Waals surface area contributed by atoms with E-state index in [1.54, 1.807) is 0 Å². The monoisotopic (exact) mass is 486 g/mol. The number of hydrogen-bond donors (Lipinski definition) is 2. The van der Waals surface area contributed by atoms with Crippen LogP contribution in [0.3, 0.4) is 0 Å². The van der Waals surface area contributed by atoms with E-state index in [1.165, 1.54) is 25.5 Å². The van der Waals surface area contributed by atoms with Crippen LogP contribution in [0.5, 0.6) is 0 Å². The summed E-state index contributed by atoms with van der Waals surface area (Å²) in [6.45, 7) is 16.5. The maximum absolute atomic E-state index is 12.9. The lowest BCUT2D eigenvalue weighted by Gasteiger charge is -2.71. The van der Waals surface area contributed by atoms with Crippen molar-refractivity contribution in [2.75, 3.05) is 7.11 Å². The number of fused-ring (bicyclic) bond motifs is 7. The molecule has 0 aromatic rings. The van der Waals surface area contributed by atoms with Crippen molar-refractivity contribution in [2.24, 2.45) is 50.2 Å². The topological polar surface area (TPSA) is 66.8 Å². The molecule has 2 N–H and O–H groups in total. The molecule has 5 aliphatic carbocycles. The van der Waals surface area contributed by atoms with Crippen molar-refractivity contribution in [3.8, 4) is 0 Å². The van der Waals surface area contributed by atoms with Gasteiger partial charge in [0.2, 0.25) is 0 Å². The zero-order valence-electron chi connectivity index (χ0n) is 23.5. The molecule has 4 saturated carbocycles. The van der Waals surface area contributed by atoms with Gasteiger partial charge in [-0.1, -0.05) is 53.2 Å². The van der Waals surface area contributed by atoms with E-state index in [0.29, 0.717) is 18.3 Å². The van der Waals surface area contributed by atoms with Crippen LogP contribution in [-0.2, 0) is 9.53 Å². The van der Waals surface area contributed by atoms with Gasteiger partial charge in [-0.15, -0.1) is 0 Å². The first-order valence-electron chi connectivity index (χ1n) is 14.3. The number of hydrogen-bond acceptors (Lipinski definition) is 4. The number of carbonyl (C=O) groups excluding carboxylic acids is 1. The molecule has 0 radical (unpaired) electrons. The largest absolute Gasteiger partial charge is 0.469 e. The maximum Gasteiger partial charge on any atom is 0.311 e. The van der Waals surface area contributed by atoms with Crippen LogP contribution in [0.15, 0.2) is 11.6 Å². The lowest BCUT2D eigenvalue weighted by atomic mass is 9.33. The molecule has 4 fully saturated rings. The third-order valence-corrected chi connectivity index (χ3v) is 13.6. The van der Waals surface area contributed by atoms with Crippen LogP contribution in [0.1, 0.15) is 106 Å². The predicted molar refractivity (Wildman–Crippen MR) is 138 cm³/mol. The quantitative estimate of drug-likeness (QED) is 0.337. The van der Waals surface area contributed by atoms with E-state index in [9.17, 15) is 15.0 Å². The van der Waals surface area contributed by atoms with Crippen molar-refractivity contribution in [1.82, 2.24) is 0 Å². The molecule has 0 aromatic heterocycles. The molecule has 0 heterocycles. The number of aliphatic hydroxyl groups excluding tert-OH is 2.